The number of fused-ring (bicyclic) bond motifs is 3. The summed E-state index contributed by atoms with van der Waals surface area (Å²) < 4.78 is 11.8. The van der Waals surface area contributed by atoms with Gasteiger partial charge in [0.1, 0.15) is 17.5 Å². The molecule has 6 heteroatoms. The van der Waals surface area contributed by atoms with Gasteiger partial charge in [0.25, 0.3) is 0 Å². The summed E-state index contributed by atoms with van der Waals surface area (Å²) in [5.41, 5.74) is 1.34. The Kier molecular flexibility index (Phi) is 6.42. The lowest BCUT2D eigenvalue weighted by Crippen LogP contribution is -2.37. The van der Waals surface area contributed by atoms with E-state index in [1.165, 1.54) is 0 Å². The summed E-state index contributed by atoms with van der Waals surface area (Å²) in [6.45, 7) is 4.62. The zero-order valence-electron chi connectivity index (χ0n) is 20.8. The number of benzene rings is 3. The van der Waals surface area contributed by atoms with E-state index in [1.54, 1.807) is 18.2 Å². The summed E-state index contributed by atoms with van der Waals surface area (Å²) in [7, 11) is 0. The number of ether oxygens (including phenoxy) is 2. The second kappa shape index (κ2) is 9.84. The fourth-order valence-corrected chi connectivity index (χ4v) is 5.72. The Hall–Kier alpha value is -4.55. The predicted molar refractivity (Wildman–Crippen MR) is 140 cm³/mol. The van der Waals surface area contributed by atoms with Crippen molar-refractivity contribution in [1.82, 2.24) is 4.90 Å². The van der Waals surface area contributed by atoms with Gasteiger partial charge < -0.3 is 14.4 Å². The highest BCUT2D eigenvalue weighted by atomic mass is 16.5. The standard InChI is InChI=1S/C31H27N3O3/c1-3-36-23-14-15-26(37-4-2)25(18-23)27-28(29(35)22-11-6-5-7-12-22)34-17-16-21-10-8-9-13-24(21)30(34)31(27,19-32)20-33/h5-18,27-28,30H,3-4H2,1-2H3. The molecule has 0 aliphatic carbocycles. The maximum Gasteiger partial charge on any atom is 0.185 e. The van der Waals surface area contributed by atoms with Crippen LogP contribution in [0.1, 0.15) is 52.9 Å². The van der Waals surface area contributed by atoms with Gasteiger partial charge in [0.2, 0.25) is 0 Å². The number of nitriles is 2. The van der Waals surface area contributed by atoms with E-state index in [1.807, 2.05) is 85.6 Å². The van der Waals surface area contributed by atoms with Crippen LogP contribution in [0.2, 0.25) is 0 Å². The number of ketones is 1. The van der Waals surface area contributed by atoms with E-state index < -0.39 is 23.4 Å². The van der Waals surface area contributed by atoms with E-state index in [0.29, 0.717) is 35.8 Å². The molecule has 2 aliphatic heterocycles. The molecule has 1 saturated heterocycles. The molecule has 0 bridgehead atoms. The Morgan fingerprint density at radius 2 is 1.62 bits per heavy atom. The molecule has 0 radical (unpaired) electrons. The third-order valence-electron chi connectivity index (χ3n) is 7.20. The molecule has 0 spiro atoms. The van der Waals surface area contributed by atoms with Crippen molar-refractivity contribution in [1.29, 1.82) is 10.5 Å². The number of hydrogen-bond acceptors (Lipinski definition) is 6. The Bertz CT molecular complexity index is 1420. The first-order valence-electron chi connectivity index (χ1n) is 12.5. The zero-order chi connectivity index (χ0) is 26.0. The van der Waals surface area contributed by atoms with Crippen LogP contribution >= 0.6 is 0 Å². The van der Waals surface area contributed by atoms with E-state index in [-0.39, 0.29) is 5.78 Å². The molecule has 6 nitrogen and oxygen atoms in total. The molecule has 0 saturated carbocycles. The van der Waals surface area contributed by atoms with E-state index in [9.17, 15) is 15.3 Å². The molecule has 3 unspecified atom stereocenters. The van der Waals surface area contributed by atoms with Crippen molar-refractivity contribution in [3.63, 3.8) is 0 Å². The van der Waals surface area contributed by atoms with Crippen LogP contribution in [0, 0.1) is 28.1 Å². The van der Waals surface area contributed by atoms with E-state index in [0.717, 1.165) is 11.1 Å². The molecule has 2 heterocycles. The summed E-state index contributed by atoms with van der Waals surface area (Å²) >= 11 is 0. The Balaban J connectivity index is 1.81. The number of carbonyl (C=O) groups is 1. The highest BCUT2D eigenvalue weighted by Crippen LogP contribution is 2.61. The summed E-state index contributed by atoms with van der Waals surface area (Å²) in [5, 5.41) is 21.5. The summed E-state index contributed by atoms with van der Waals surface area (Å²) in [6.07, 6.45) is 3.80. The van der Waals surface area contributed by atoms with Crippen LogP contribution in [0.3, 0.4) is 0 Å². The highest BCUT2D eigenvalue weighted by Gasteiger charge is 2.64. The molecule has 37 heavy (non-hydrogen) atoms. The SMILES string of the molecule is CCOc1ccc(OCC)c(C2C(C(=O)c3ccccc3)N3C=Cc4ccccc4C3C2(C#N)C#N)c1. The Labute approximate surface area is 217 Å². The van der Waals surface area contributed by atoms with Gasteiger partial charge >= 0.3 is 0 Å². The van der Waals surface area contributed by atoms with Crippen molar-refractivity contribution in [2.24, 2.45) is 5.41 Å². The van der Waals surface area contributed by atoms with Gasteiger partial charge in [-0.05, 0) is 49.2 Å². The van der Waals surface area contributed by atoms with Gasteiger partial charge in [0, 0.05) is 17.3 Å². The molecular formula is C31H27N3O3. The summed E-state index contributed by atoms with van der Waals surface area (Å²) in [6, 6.07) is 25.5. The molecule has 3 aromatic rings. The third-order valence-corrected chi connectivity index (χ3v) is 7.20. The maximum atomic E-state index is 14.2. The third kappa shape index (κ3) is 3.82. The monoisotopic (exact) mass is 489 g/mol. The van der Waals surface area contributed by atoms with Crippen molar-refractivity contribution >= 4 is 11.9 Å². The Morgan fingerprint density at radius 3 is 2.32 bits per heavy atom. The molecule has 3 atom stereocenters. The van der Waals surface area contributed by atoms with E-state index in [2.05, 4.69) is 12.1 Å². The first-order chi connectivity index (χ1) is 18.1. The second-order valence-electron chi connectivity index (χ2n) is 9.11. The quantitative estimate of drug-likeness (QED) is 0.385. The summed E-state index contributed by atoms with van der Waals surface area (Å²) in [5.74, 6) is 0.167. The molecule has 184 valence electrons. The minimum atomic E-state index is -1.58. The molecule has 1 fully saturated rings. The molecular weight excluding hydrogens is 462 g/mol. The van der Waals surface area contributed by atoms with Crippen molar-refractivity contribution in [3.8, 4) is 23.6 Å². The van der Waals surface area contributed by atoms with Crippen LogP contribution in [0.15, 0.2) is 79.0 Å². The molecule has 0 amide bonds. The van der Waals surface area contributed by atoms with Crippen molar-refractivity contribution in [3.05, 3.63) is 101 Å². The van der Waals surface area contributed by atoms with Gasteiger partial charge in [-0.25, -0.2) is 0 Å². The van der Waals surface area contributed by atoms with Gasteiger partial charge in [0.15, 0.2) is 11.2 Å². The van der Waals surface area contributed by atoms with E-state index >= 15 is 0 Å². The van der Waals surface area contributed by atoms with Crippen LogP contribution in [0.25, 0.3) is 6.08 Å². The fraction of sp³-hybridized carbons (Fsp3) is 0.258. The molecule has 0 aromatic heterocycles. The average Bonchev–Trinajstić information content (AvgIpc) is 3.25. The fourth-order valence-electron chi connectivity index (χ4n) is 5.72. The maximum absolute atomic E-state index is 14.2. The van der Waals surface area contributed by atoms with Crippen molar-refractivity contribution in [2.45, 2.75) is 31.8 Å². The van der Waals surface area contributed by atoms with Gasteiger partial charge in [-0.15, -0.1) is 0 Å². The molecule has 0 N–H and O–H groups in total. The van der Waals surface area contributed by atoms with E-state index in [4.69, 9.17) is 9.47 Å². The van der Waals surface area contributed by atoms with Gasteiger partial charge in [0.05, 0.1) is 37.3 Å². The first-order valence-corrected chi connectivity index (χ1v) is 12.5. The smallest absolute Gasteiger partial charge is 0.185 e. The van der Waals surface area contributed by atoms with Gasteiger partial charge in [-0.3, -0.25) is 4.79 Å². The van der Waals surface area contributed by atoms with Crippen LogP contribution in [-0.2, 0) is 0 Å². The van der Waals surface area contributed by atoms with Crippen molar-refractivity contribution < 1.29 is 14.3 Å². The largest absolute Gasteiger partial charge is 0.494 e. The summed E-state index contributed by atoms with van der Waals surface area (Å²) in [4.78, 5) is 16.1. The highest BCUT2D eigenvalue weighted by molar-refractivity contribution is 6.01. The molecule has 5 rings (SSSR count). The van der Waals surface area contributed by atoms with Crippen LogP contribution < -0.4 is 9.47 Å². The lowest BCUT2D eigenvalue weighted by Gasteiger charge is -2.34. The normalized spacial score (nSPS) is 20.8. The van der Waals surface area contributed by atoms with Crippen LogP contribution in [-0.4, -0.2) is 29.9 Å². The zero-order valence-corrected chi connectivity index (χ0v) is 20.8. The molecule has 3 aromatic carbocycles. The second-order valence-corrected chi connectivity index (χ2v) is 9.11. The number of carbonyl (C=O) groups excluding carboxylic acids is 1. The topological polar surface area (TPSA) is 86.3 Å². The number of rotatable bonds is 7. The van der Waals surface area contributed by atoms with Gasteiger partial charge in [-0.2, -0.15) is 10.5 Å². The minimum absolute atomic E-state index is 0.156. The number of Topliss-reactive ketones (excluding diaryl/α,β-unsaturated/α-hetero) is 1. The number of hydrogen-bond donors (Lipinski definition) is 0. The van der Waals surface area contributed by atoms with Gasteiger partial charge in [-0.1, -0.05) is 54.6 Å². The lowest BCUT2D eigenvalue weighted by atomic mass is 9.67. The Morgan fingerprint density at radius 1 is 0.919 bits per heavy atom. The predicted octanol–water partition coefficient (Wildman–Crippen LogP) is 5.89. The molecule has 2 aliphatic rings. The number of nitrogens with zero attached hydrogens (tertiary/aromatic N) is 3. The van der Waals surface area contributed by atoms with Crippen LogP contribution in [0.5, 0.6) is 11.5 Å². The lowest BCUT2D eigenvalue weighted by molar-refractivity contribution is 0.0874. The van der Waals surface area contributed by atoms with Crippen molar-refractivity contribution in [2.75, 3.05) is 13.2 Å². The average molecular weight is 490 g/mol. The minimum Gasteiger partial charge on any atom is -0.494 e. The van der Waals surface area contributed by atoms with Crippen LogP contribution in [0.4, 0.5) is 0 Å². The first kappa shape index (κ1) is 24.2.